The molecule has 0 spiro atoms. The van der Waals surface area contributed by atoms with Crippen molar-refractivity contribution in [2.75, 3.05) is 26.4 Å². The Labute approximate surface area is 204 Å². The number of carbonyl (C=O) groups is 8. The van der Waals surface area contributed by atoms with Gasteiger partial charge in [0.2, 0.25) is 0 Å². The minimum absolute atomic E-state index is 0.0148. The highest BCUT2D eigenvalue weighted by Gasteiger charge is 2.33. The molecule has 36 heavy (non-hydrogen) atoms. The van der Waals surface area contributed by atoms with E-state index in [1.54, 1.807) is 0 Å². The van der Waals surface area contributed by atoms with Crippen LogP contribution in [0.25, 0.3) is 0 Å². The minimum Gasteiger partial charge on any atom is -0.466 e. The van der Waals surface area contributed by atoms with E-state index in [-0.39, 0.29) is 77.8 Å². The Kier molecular flexibility index (Phi) is 11.4. The topological polar surface area (TPSA) is 189 Å². The fourth-order valence-electron chi connectivity index (χ4n) is 2.83. The Hall–Kier alpha value is -3.88. The molecule has 0 radical (unpaired) electrons. The molecule has 0 aromatic rings. The van der Waals surface area contributed by atoms with Gasteiger partial charge in [0.25, 0.3) is 23.6 Å². The summed E-state index contributed by atoms with van der Waals surface area (Å²) in [5.41, 5.74) is 0. The van der Waals surface area contributed by atoms with Gasteiger partial charge in [-0.05, 0) is 0 Å². The fourth-order valence-corrected chi connectivity index (χ4v) is 2.83. The molecule has 0 saturated carbocycles. The number of hydrogen-bond donors (Lipinski definition) is 0. The van der Waals surface area contributed by atoms with E-state index in [9.17, 15) is 38.4 Å². The monoisotopic (exact) mass is 514 g/mol. The van der Waals surface area contributed by atoms with Gasteiger partial charge in [0, 0.05) is 38.7 Å². The van der Waals surface area contributed by atoms with E-state index in [2.05, 4.69) is 9.68 Å². The maximum atomic E-state index is 11.6. The van der Waals surface area contributed by atoms with Crippen LogP contribution in [0, 0.1) is 0 Å². The highest BCUT2D eigenvalue weighted by molar-refractivity contribution is 6.02. The van der Waals surface area contributed by atoms with Gasteiger partial charge in [-0.25, -0.2) is 9.59 Å². The van der Waals surface area contributed by atoms with Crippen molar-refractivity contribution in [1.29, 1.82) is 0 Å². The molecule has 0 N–H and O–H groups in total. The summed E-state index contributed by atoms with van der Waals surface area (Å²) >= 11 is 0. The van der Waals surface area contributed by atoms with Crippen LogP contribution in [0.4, 0.5) is 0 Å². The summed E-state index contributed by atoms with van der Waals surface area (Å²) in [6.07, 6.45) is -1.09. The first-order valence-electron chi connectivity index (χ1n) is 11.2. The van der Waals surface area contributed by atoms with Crippen LogP contribution in [0.5, 0.6) is 0 Å². The first kappa shape index (κ1) is 28.4. The first-order valence-corrected chi connectivity index (χ1v) is 11.2. The minimum atomic E-state index is -0.907. The fraction of sp³-hybridized carbons (Fsp3) is 0.619. The summed E-state index contributed by atoms with van der Waals surface area (Å²) in [6.45, 7) is 0.179. The molecule has 2 aliphatic heterocycles. The maximum Gasteiger partial charge on any atom is 0.333 e. The third-order valence-corrected chi connectivity index (χ3v) is 4.65. The predicted molar refractivity (Wildman–Crippen MR) is 110 cm³/mol. The quantitative estimate of drug-likeness (QED) is 0.151. The molecule has 2 rings (SSSR count). The molecular formula is C21H26N2O13. The van der Waals surface area contributed by atoms with Crippen molar-refractivity contribution in [3.05, 3.63) is 0 Å². The molecule has 2 fully saturated rings. The lowest BCUT2D eigenvalue weighted by Gasteiger charge is -2.12. The van der Waals surface area contributed by atoms with E-state index >= 15 is 0 Å². The molecule has 198 valence electrons. The van der Waals surface area contributed by atoms with Crippen LogP contribution in [0.1, 0.15) is 57.8 Å². The number of ether oxygens (including phenoxy) is 3. The van der Waals surface area contributed by atoms with Gasteiger partial charge in [0.15, 0.2) is 0 Å². The van der Waals surface area contributed by atoms with Crippen LogP contribution in [0.15, 0.2) is 0 Å². The van der Waals surface area contributed by atoms with Gasteiger partial charge in [-0.3, -0.25) is 28.8 Å². The van der Waals surface area contributed by atoms with Crippen molar-refractivity contribution >= 4 is 47.5 Å². The lowest BCUT2D eigenvalue weighted by molar-refractivity contribution is -0.197. The Bertz CT molecular complexity index is 796. The molecule has 0 atom stereocenters. The average molecular weight is 514 g/mol. The average Bonchev–Trinajstić information content (AvgIpc) is 3.33. The summed E-state index contributed by atoms with van der Waals surface area (Å²) in [4.78, 5) is 101. The van der Waals surface area contributed by atoms with Gasteiger partial charge in [-0.1, -0.05) is 0 Å². The molecule has 0 bridgehead atoms. The summed E-state index contributed by atoms with van der Waals surface area (Å²) in [5.74, 6) is -5.62. The molecule has 2 heterocycles. The van der Waals surface area contributed by atoms with Gasteiger partial charge in [-0.15, -0.1) is 10.1 Å². The number of amides is 4. The molecule has 0 aromatic heterocycles. The second kappa shape index (κ2) is 14.5. The van der Waals surface area contributed by atoms with E-state index in [4.69, 9.17) is 14.2 Å². The summed E-state index contributed by atoms with van der Waals surface area (Å²) in [7, 11) is 0. The number of carbonyl (C=O) groups excluding carboxylic acids is 8. The van der Waals surface area contributed by atoms with Gasteiger partial charge in [-0.2, -0.15) is 0 Å². The van der Waals surface area contributed by atoms with E-state index in [0.717, 1.165) is 0 Å². The maximum absolute atomic E-state index is 11.6. The smallest absolute Gasteiger partial charge is 0.333 e. The number of hydroxylamine groups is 4. The lowest BCUT2D eigenvalue weighted by Crippen LogP contribution is -2.32. The van der Waals surface area contributed by atoms with E-state index < -0.39 is 47.5 Å². The molecular weight excluding hydrogens is 488 g/mol. The van der Waals surface area contributed by atoms with Crippen molar-refractivity contribution in [2.24, 2.45) is 0 Å². The summed E-state index contributed by atoms with van der Waals surface area (Å²) in [6, 6.07) is 0. The molecule has 0 aromatic carbocycles. The SMILES string of the molecule is O=C(CCC(=O)ON1C(=O)CCC1=O)OCCCOCCOC(=O)CCC(=O)ON1C(=O)CCC1=O. The van der Waals surface area contributed by atoms with Crippen molar-refractivity contribution in [3.63, 3.8) is 0 Å². The van der Waals surface area contributed by atoms with Crippen LogP contribution in [0.3, 0.4) is 0 Å². The Morgan fingerprint density at radius 2 is 0.917 bits per heavy atom. The summed E-state index contributed by atoms with van der Waals surface area (Å²) in [5, 5.41) is 0.799. The number of esters is 2. The largest absolute Gasteiger partial charge is 0.466 e. The van der Waals surface area contributed by atoms with Gasteiger partial charge in [0.05, 0.1) is 38.9 Å². The third-order valence-electron chi connectivity index (χ3n) is 4.65. The number of nitrogens with zero attached hydrogens (tertiary/aromatic N) is 2. The second-order valence-electron chi connectivity index (χ2n) is 7.50. The van der Waals surface area contributed by atoms with Crippen molar-refractivity contribution in [2.45, 2.75) is 57.8 Å². The molecule has 4 amide bonds. The zero-order chi connectivity index (χ0) is 26.5. The van der Waals surface area contributed by atoms with Crippen LogP contribution in [-0.4, -0.2) is 84.1 Å². The molecule has 15 heteroatoms. The zero-order valence-corrected chi connectivity index (χ0v) is 19.4. The van der Waals surface area contributed by atoms with E-state index in [1.165, 1.54) is 0 Å². The van der Waals surface area contributed by atoms with Crippen molar-refractivity contribution < 1.29 is 62.2 Å². The molecule has 0 aliphatic carbocycles. The zero-order valence-electron chi connectivity index (χ0n) is 19.4. The van der Waals surface area contributed by atoms with E-state index in [0.29, 0.717) is 16.5 Å². The Morgan fingerprint density at radius 1 is 0.528 bits per heavy atom. The van der Waals surface area contributed by atoms with Gasteiger partial charge in [0.1, 0.15) is 6.61 Å². The number of imide groups is 2. The molecule has 2 saturated heterocycles. The lowest BCUT2D eigenvalue weighted by atomic mass is 10.3. The number of rotatable bonds is 15. The highest BCUT2D eigenvalue weighted by Crippen LogP contribution is 2.14. The summed E-state index contributed by atoms with van der Waals surface area (Å²) < 4.78 is 15.0. The normalized spacial score (nSPS) is 15.3. The Morgan fingerprint density at radius 3 is 1.36 bits per heavy atom. The van der Waals surface area contributed by atoms with Crippen LogP contribution in [0.2, 0.25) is 0 Å². The second-order valence-corrected chi connectivity index (χ2v) is 7.50. The van der Waals surface area contributed by atoms with Gasteiger partial charge < -0.3 is 23.9 Å². The predicted octanol–water partition coefficient (Wildman–Crippen LogP) is -0.746. The molecule has 15 nitrogen and oxygen atoms in total. The van der Waals surface area contributed by atoms with Crippen LogP contribution >= 0.6 is 0 Å². The Balaban J connectivity index is 1.41. The molecule has 2 aliphatic rings. The van der Waals surface area contributed by atoms with Crippen LogP contribution in [-0.2, 0) is 62.2 Å². The first-order chi connectivity index (χ1) is 17.2. The van der Waals surface area contributed by atoms with Crippen molar-refractivity contribution in [3.8, 4) is 0 Å². The van der Waals surface area contributed by atoms with Crippen molar-refractivity contribution in [1.82, 2.24) is 10.1 Å². The standard InChI is InChI=1S/C21H26N2O13/c24-14-2-3-15(25)22(14)35-20(30)8-6-18(28)33-11-1-10-32-12-13-34-19(29)7-9-21(31)36-23-16(26)4-5-17(23)27/h1-13H2. The van der Waals surface area contributed by atoms with E-state index in [1.807, 2.05) is 0 Å². The third kappa shape index (κ3) is 9.77. The number of hydrogen-bond acceptors (Lipinski definition) is 13. The highest BCUT2D eigenvalue weighted by atomic mass is 16.7. The van der Waals surface area contributed by atoms with Gasteiger partial charge >= 0.3 is 23.9 Å². The molecule has 0 unspecified atom stereocenters. The van der Waals surface area contributed by atoms with Crippen LogP contribution < -0.4 is 0 Å².